The number of esters is 1. The third-order valence-electron chi connectivity index (χ3n) is 2.69. The third-order valence-corrected chi connectivity index (χ3v) is 2.69. The topological polar surface area (TPSA) is 114 Å². The number of carbonyl (C=O) groups is 1. The number of aryl methyl sites for hydroxylation is 1. The number of nitrogens with zero attached hydrogens (tertiary/aromatic N) is 6. The number of hydrogen-bond acceptors (Lipinski definition) is 7. The Hall–Kier alpha value is -2.29. The molecule has 2 aromatic rings. The van der Waals surface area contributed by atoms with E-state index in [2.05, 4.69) is 25.2 Å². The fourth-order valence-corrected chi connectivity index (χ4v) is 1.68. The normalized spacial score (nSPS) is 10.7. The van der Waals surface area contributed by atoms with Gasteiger partial charge in [0.2, 0.25) is 0 Å². The predicted octanol–water partition coefficient (Wildman–Crippen LogP) is -1.26. The van der Waals surface area contributed by atoms with Gasteiger partial charge in [0.1, 0.15) is 12.9 Å². The molecule has 9 heteroatoms. The SMILES string of the molecule is COC(=O)c1nnn(Cc2nncn2C)c1CCN. The summed E-state index contributed by atoms with van der Waals surface area (Å²) in [6.07, 6.45) is 2.07. The minimum atomic E-state index is -0.521. The first kappa shape index (κ1) is 13.1. The van der Waals surface area contributed by atoms with Gasteiger partial charge in [-0.1, -0.05) is 5.21 Å². The molecule has 0 saturated carbocycles. The standard InChI is InChI=1S/C10H15N7O2/c1-16-6-12-13-8(16)5-17-7(3-4-11)9(14-15-17)10(18)19-2/h6H,3-5,11H2,1-2H3. The van der Waals surface area contributed by atoms with Crippen LogP contribution in [0.4, 0.5) is 0 Å². The molecule has 102 valence electrons. The zero-order valence-corrected chi connectivity index (χ0v) is 10.8. The maximum absolute atomic E-state index is 11.6. The Morgan fingerprint density at radius 3 is 2.84 bits per heavy atom. The van der Waals surface area contributed by atoms with E-state index in [1.165, 1.54) is 7.11 Å². The molecule has 0 fully saturated rings. The molecule has 0 bridgehead atoms. The molecule has 0 unspecified atom stereocenters. The largest absolute Gasteiger partial charge is 0.464 e. The van der Waals surface area contributed by atoms with E-state index in [1.54, 1.807) is 15.6 Å². The zero-order chi connectivity index (χ0) is 13.8. The lowest BCUT2D eigenvalue weighted by atomic mass is 10.2. The maximum Gasteiger partial charge on any atom is 0.360 e. The lowest BCUT2D eigenvalue weighted by molar-refractivity contribution is 0.0592. The van der Waals surface area contributed by atoms with Crippen molar-refractivity contribution >= 4 is 5.97 Å². The molecule has 0 amide bonds. The highest BCUT2D eigenvalue weighted by Crippen LogP contribution is 2.09. The highest BCUT2D eigenvalue weighted by molar-refractivity contribution is 5.88. The predicted molar refractivity (Wildman–Crippen MR) is 64.2 cm³/mol. The van der Waals surface area contributed by atoms with Gasteiger partial charge in [0.25, 0.3) is 0 Å². The summed E-state index contributed by atoms with van der Waals surface area (Å²) in [4.78, 5) is 11.6. The molecule has 0 saturated heterocycles. The van der Waals surface area contributed by atoms with Crippen molar-refractivity contribution in [2.24, 2.45) is 12.8 Å². The van der Waals surface area contributed by atoms with Gasteiger partial charge < -0.3 is 15.0 Å². The van der Waals surface area contributed by atoms with Crippen LogP contribution in [0.3, 0.4) is 0 Å². The van der Waals surface area contributed by atoms with Gasteiger partial charge in [-0.15, -0.1) is 15.3 Å². The van der Waals surface area contributed by atoms with Crippen LogP contribution in [-0.4, -0.2) is 49.4 Å². The van der Waals surface area contributed by atoms with Crippen LogP contribution < -0.4 is 5.73 Å². The minimum Gasteiger partial charge on any atom is -0.464 e. The van der Waals surface area contributed by atoms with Gasteiger partial charge in [0.15, 0.2) is 11.5 Å². The number of aromatic nitrogens is 6. The van der Waals surface area contributed by atoms with Crippen LogP contribution in [0.15, 0.2) is 6.33 Å². The number of hydrogen-bond donors (Lipinski definition) is 1. The molecule has 0 aliphatic heterocycles. The van der Waals surface area contributed by atoms with Crippen LogP contribution in [-0.2, 0) is 24.8 Å². The lowest BCUT2D eigenvalue weighted by Crippen LogP contribution is -2.16. The summed E-state index contributed by atoms with van der Waals surface area (Å²) in [5.41, 5.74) is 6.37. The molecule has 0 aromatic carbocycles. The zero-order valence-electron chi connectivity index (χ0n) is 10.8. The van der Waals surface area contributed by atoms with Crippen molar-refractivity contribution in [1.29, 1.82) is 0 Å². The fourth-order valence-electron chi connectivity index (χ4n) is 1.68. The Labute approximate surface area is 109 Å². The molecule has 2 heterocycles. The molecule has 0 atom stereocenters. The fraction of sp³-hybridized carbons (Fsp3) is 0.500. The summed E-state index contributed by atoms with van der Waals surface area (Å²) < 4.78 is 8.02. The summed E-state index contributed by atoms with van der Waals surface area (Å²) in [5, 5.41) is 15.5. The Kier molecular flexibility index (Phi) is 3.85. The lowest BCUT2D eigenvalue weighted by Gasteiger charge is -2.05. The van der Waals surface area contributed by atoms with E-state index in [4.69, 9.17) is 5.73 Å². The Bertz CT molecular complexity index is 574. The Morgan fingerprint density at radius 1 is 1.47 bits per heavy atom. The molecule has 2 N–H and O–H groups in total. The van der Waals surface area contributed by atoms with Gasteiger partial charge in [0, 0.05) is 13.5 Å². The summed E-state index contributed by atoms with van der Waals surface area (Å²) in [7, 11) is 3.13. The van der Waals surface area contributed by atoms with Crippen molar-refractivity contribution in [3.8, 4) is 0 Å². The van der Waals surface area contributed by atoms with Gasteiger partial charge in [0.05, 0.1) is 12.8 Å². The molecule has 0 aliphatic carbocycles. The van der Waals surface area contributed by atoms with Crippen molar-refractivity contribution in [1.82, 2.24) is 29.8 Å². The molecule has 0 aliphatic rings. The van der Waals surface area contributed by atoms with Gasteiger partial charge in [-0.25, -0.2) is 9.48 Å². The van der Waals surface area contributed by atoms with E-state index in [0.29, 0.717) is 31.0 Å². The number of nitrogens with two attached hydrogens (primary N) is 1. The second kappa shape index (κ2) is 5.57. The molecule has 0 radical (unpaired) electrons. The van der Waals surface area contributed by atoms with Gasteiger partial charge >= 0.3 is 5.97 Å². The van der Waals surface area contributed by atoms with E-state index >= 15 is 0 Å². The third kappa shape index (κ3) is 2.60. The number of carbonyl (C=O) groups excluding carboxylic acids is 1. The van der Waals surface area contributed by atoms with E-state index in [1.807, 2.05) is 7.05 Å². The molecule has 9 nitrogen and oxygen atoms in total. The van der Waals surface area contributed by atoms with Gasteiger partial charge in [-0.05, 0) is 6.54 Å². The quantitative estimate of drug-likeness (QED) is 0.671. The average Bonchev–Trinajstić information content (AvgIpc) is 2.98. The molecular formula is C10H15N7O2. The maximum atomic E-state index is 11.6. The summed E-state index contributed by atoms with van der Waals surface area (Å²) in [6, 6.07) is 0. The number of methoxy groups -OCH3 is 1. The van der Waals surface area contributed by atoms with Crippen LogP contribution in [0.5, 0.6) is 0 Å². The van der Waals surface area contributed by atoms with Crippen LogP contribution in [0.2, 0.25) is 0 Å². The van der Waals surface area contributed by atoms with E-state index < -0.39 is 5.97 Å². The van der Waals surface area contributed by atoms with Gasteiger partial charge in [-0.3, -0.25) is 0 Å². The monoisotopic (exact) mass is 265 g/mol. The number of ether oxygens (including phenoxy) is 1. The second-order valence-corrected chi connectivity index (χ2v) is 3.93. The first-order chi connectivity index (χ1) is 9.17. The Balaban J connectivity index is 2.32. The first-order valence-electron chi connectivity index (χ1n) is 5.71. The number of rotatable bonds is 5. The smallest absolute Gasteiger partial charge is 0.360 e. The van der Waals surface area contributed by atoms with E-state index in [9.17, 15) is 4.79 Å². The van der Waals surface area contributed by atoms with Crippen molar-refractivity contribution in [3.05, 3.63) is 23.5 Å². The molecule has 19 heavy (non-hydrogen) atoms. The molecule has 2 aromatic heterocycles. The highest BCUT2D eigenvalue weighted by Gasteiger charge is 2.20. The van der Waals surface area contributed by atoms with Crippen LogP contribution >= 0.6 is 0 Å². The van der Waals surface area contributed by atoms with Gasteiger partial charge in [-0.2, -0.15) is 0 Å². The summed E-state index contributed by atoms with van der Waals surface area (Å²) >= 11 is 0. The van der Waals surface area contributed by atoms with E-state index in [-0.39, 0.29) is 5.69 Å². The van der Waals surface area contributed by atoms with Crippen molar-refractivity contribution in [3.63, 3.8) is 0 Å². The summed E-state index contributed by atoms with van der Waals surface area (Å²) in [6.45, 7) is 0.756. The molecule has 0 spiro atoms. The van der Waals surface area contributed by atoms with Crippen molar-refractivity contribution in [2.75, 3.05) is 13.7 Å². The average molecular weight is 265 g/mol. The van der Waals surface area contributed by atoms with Crippen molar-refractivity contribution < 1.29 is 9.53 Å². The molecular weight excluding hydrogens is 250 g/mol. The van der Waals surface area contributed by atoms with E-state index in [0.717, 1.165) is 0 Å². The minimum absolute atomic E-state index is 0.190. The van der Waals surface area contributed by atoms with Crippen molar-refractivity contribution in [2.45, 2.75) is 13.0 Å². The summed E-state index contributed by atoms with van der Waals surface area (Å²) in [5.74, 6) is 0.187. The highest BCUT2D eigenvalue weighted by atomic mass is 16.5. The van der Waals surface area contributed by atoms with Crippen LogP contribution in [0.1, 0.15) is 22.0 Å². The van der Waals surface area contributed by atoms with Crippen LogP contribution in [0, 0.1) is 0 Å². The molecule has 2 rings (SSSR count). The second-order valence-electron chi connectivity index (χ2n) is 3.93. The van der Waals surface area contributed by atoms with Crippen LogP contribution in [0.25, 0.3) is 0 Å². The Morgan fingerprint density at radius 2 is 2.26 bits per heavy atom. The first-order valence-corrected chi connectivity index (χ1v) is 5.71.